The highest BCUT2D eigenvalue weighted by Gasteiger charge is 2.04. The molecule has 0 heterocycles. The van der Waals surface area contributed by atoms with Gasteiger partial charge in [-0.1, -0.05) is 28.1 Å². The summed E-state index contributed by atoms with van der Waals surface area (Å²) < 4.78 is 1.07. The number of phenols is 1. The number of phenolic OH excluding ortho intramolecular Hbond substituents is 1. The first-order valence-electron chi connectivity index (χ1n) is 6.47. The number of aromatic hydroxyl groups is 1. The van der Waals surface area contributed by atoms with Crippen molar-refractivity contribution in [2.75, 3.05) is 6.54 Å². The van der Waals surface area contributed by atoms with Crippen LogP contribution in [0.1, 0.15) is 22.3 Å². The van der Waals surface area contributed by atoms with Crippen molar-refractivity contribution >= 4 is 21.8 Å². The Labute approximate surface area is 126 Å². The van der Waals surface area contributed by atoms with Crippen LogP contribution in [-0.4, -0.2) is 17.6 Å². The van der Waals surface area contributed by atoms with Crippen molar-refractivity contribution in [3.8, 4) is 5.75 Å². The van der Waals surface area contributed by atoms with E-state index in [0.29, 0.717) is 12.1 Å². The van der Waals surface area contributed by atoms with E-state index in [-0.39, 0.29) is 11.7 Å². The molecule has 0 saturated heterocycles. The van der Waals surface area contributed by atoms with E-state index in [0.717, 1.165) is 17.3 Å². The highest BCUT2D eigenvalue weighted by molar-refractivity contribution is 9.10. The zero-order valence-corrected chi connectivity index (χ0v) is 12.6. The first-order valence-corrected chi connectivity index (χ1v) is 7.26. The van der Waals surface area contributed by atoms with Gasteiger partial charge < -0.3 is 10.4 Å². The van der Waals surface area contributed by atoms with Gasteiger partial charge in [-0.25, -0.2) is 0 Å². The minimum absolute atomic E-state index is 0.110. The summed E-state index contributed by atoms with van der Waals surface area (Å²) in [6, 6.07) is 14.4. The topological polar surface area (TPSA) is 49.3 Å². The molecule has 0 saturated carbocycles. The quantitative estimate of drug-likeness (QED) is 0.822. The Bertz CT molecular complexity index is 564. The summed E-state index contributed by atoms with van der Waals surface area (Å²) in [6.07, 6.45) is 1.83. The molecule has 0 bridgehead atoms. The number of carbonyl (C=O) groups is 1. The van der Waals surface area contributed by atoms with Gasteiger partial charge in [0.1, 0.15) is 5.75 Å². The number of carbonyl (C=O) groups excluding carboxylic acids is 1. The van der Waals surface area contributed by atoms with E-state index in [1.807, 2.05) is 12.1 Å². The average molecular weight is 334 g/mol. The number of benzene rings is 2. The Kier molecular flexibility index (Phi) is 5.18. The molecular weight excluding hydrogens is 318 g/mol. The molecule has 0 spiro atoms. The molecule has 0 unspecified atom stereocenters. The summed E-state index contributed by atoms with van der Waals surface area (Å²) in [4.78, 5) is 11.8. The summed E-state index contributed by atoms with van der Waals surface area (Å²) in [5.74, 6) is 0.0533. The minimum atomic E-state index is -0.110. The fourth-order valence-electron chi connectivity index (χ4n) is 1.86. The molecule has 1 amide bonds. The molecule has 2 aromatic rings. The fraction of sp³-hybridized carbons (Fsp3) is 0.188. The van der Waals surface area contributed by atoms with Crippen LogP contribution in [-0.2, 0) is 6.42 Å². The van der Waals surface area contributed by atoms with Gasteiger partial charge in [-0.15, -0.1) is 0 Å². The molecule has 0 atom stereocenters. The minimum Gasteiger partial charge on any atom is -0.508 e. The standard InChI is InChI=1S/C16H16BrNO2/c17-14-7-3-12(4-8-14)2-1-11-18-16(20)13-5-9-15(19)10-6-13/h3-10,19H,1-2,11H2,(H,18,20). The third-order valence-electron chi connectivity index (χ3n) is 2.97. The largest absolute Gasteiger partial charge is 0.508 e. The lowest BCUT2D eigenvalue weighted by Gasteiger charge is -2.06. The molecule has 2 rings (SSSR count). The van der Waals surface area contributed by atoms with Crippen LogP contribution >= 0.6 is 15.9 Å². The molecule has 104 valence electrons. The van der Waals surface area contributed by atoms with Gasteiger partial charge in [-0.3, -0.25) is 4.79 Å². The van der Waals surface area contributed by atoms with E-state index in [4.69, 9.17) is 5.11 Å². The lowest BCUT2D eigenvalue weighted by molar-refractivity contribution is 0.0953. The van der Waals surface area contributed by atoms with Gasteiger partial charge >= 0.3 is 0 Å². The van der Waals surface area contributed by atoms with E-state index in [1.165, 1.54) is 17.7 Å². The summed E-state index contributed by atoms with van der Waals surface area (Å²) in [7, 11) is 0. The highest BCUT2D eigenvalue weighted by atomic mass is 79.9. The normalized spacial score (nSPS) is 10.2. The van der Waals surface area contributed by atoms with Crippen LogP contribution in [0.4, 0.5) is 0 Å². The first-order chi connectivity index (χ1) is 9.65. The zero-order valence-electron chi connectivity index (χ0n) is 11.0. The third kappa shape index (κ3) is 4.38. The molecule has 0 radical (unpaired) electrons. The second-order valence-electron chi connectivity index (χ2n) is 4.53. The summed E-state index contributed by atoms with van der Waals surface area (Å²) in [6.45, 7) is 0.635. The number of halogens is 1. The van der Waals surface area contributed by atoms with E-state index < -0.39 is 0 Å². The molecule has 3 nitrogen and oxygen atoms in total. The predicted octanol–water partition coefficient (Wildman–Crippen LogP) is 3.52. The Hall–Kier alpha value is -1.81. The van der Waals surface area contributed by atoms with Crippen molar-refractivity contribution in [1.29, 1.82) is 0 Å². The zero-order chi connectivity index (χ0) is 14.4. The smallest absolute Gasteiger partial charge is 0.251 e. The van der Waals surface area contributed by atoms with Crippen molar-refractivity contribution in [3.63, 3.8) is 0 Å². The van der Waals surface area contributed by atoms with Gasteiger partial charge in [0.2, 0.25) is 0 Å². The van der Waals surface area contributed by atoms with Crippen LogP contribution in [0.25, 0.3) is 0 Å². The maximum atomic E-state index is 11.8. The summed E-state index contributed by atoms with van der Waals surface area (Å²) in [5, 5.41) is 12.0. The monoisotopic (exact) mass is 333 g/mol. The molecule has 2 N–H and O–H groups in total. The van der Waals surface area contributed by atoms with Crippen molar-refractivity contribution in [1.82, 2.24) is 5.32 Å². The number of amides is 1. The van der Waals surface area contributed by atoms with Gasteiger partial charge in [0, 0.05) is 16.6 Å². The molecule has 4 heteroatoms. The number of nitrogens with one attached hydrogen (secondary N) is 1. The van der Waals surface area contributed by atoms with E-state index in [9.17, 15) is 4.79 Å². The average Bonchev–Trinajstić information content (AvgIpc) is 2.46. The maximum Gasteiger partial charge on any atom is 0.251 e. The molecule has 0 aromatic heterocycles. The van der Waals surface area contributed by atoms with Crippen LogP contribution in [0.5, 0.6) is 5.75 Å². The Balaban J connectivity index is 1.74. The fourth-order valence-corrected chi connectivity index (χ4v) is 2.12. The second-order valence-corrected chi connectivity index (χ2v) is 5.45. The van der Waals surface area contributed by atoms with Gasteiger partial charge in [-0.05, 0) is 54.8 Å². The molecule has 0 aliphatic heterocycles. The van der Waals surface area contributed by atoms with Crippen molar-refractivity contribution in [2.45, 2.75) is 12.8 Å². The van der Waals surface area contributed by atoms with Crippen LogP contribution in [0.3, 0.4) is 0 Å². The lowest BCUT2D eigenvalue weighted by atomic mass is 10.1. The first kappa shape index (κ1) is 14.6. The Morgan fingerprint density at radius 3 is 2.35 bits per heavy atom. The van der Waals surface area contributed by atoms with E-state index >= 15 is 0 Å². The van der Waals surface area contributed by atoms with Crippen LogP contribution in [0.2, 0.25) is 0 Å². The molecule has 0 fully saturated rings. The maximum absolute atomic E-state index is 11.8. The van der Waals surface area contributed by atoms with Gasteiger partial charge in [0.25, 0.3) is 5.91 Å². The number of rotatable bonds is 5. The third-order valence-corrected chi connectivity index (χ3v) is 3.50. The Morgan fingerprint density at radius 2 is 1.70 bits per heavy atom. The summed E-state index contributed by atoms with van der Waals surface area (Å²) >= 11 is 3.40. The van der Waals surface area contributed by atoms with Crippen molar-refractivity contribution in [3.05, 3.63) is 64.1 Å². The highest BCUT2D eigenvalue weighted by Crippen LogP contribution is 2.12. The summed E-state index contributed by atoms with van der Waals surface area (Å²) in [5.41, 5.74) is 1.82. The van der Waals surface area contributed by atoms with Crippen molar-refractivity contribution < 1.29 is 9.90 Å². The number of hydrogen-bond donors (Lipinski definition) is 2. The predicted molar refractivity (Wildman–Crippen MR) is 82.9 cm³/mol. The van der Waals surface area contributed by atoms with E-state index in [2.05, 4.69) is 33.4 Å². The van der Waals surface area contributed by atoms with Crippen LogP contribution in [0.15, 0.2) is 53.0 Å². The molecule has 0 aliphatic rings. The Morgan fingerprint density at radius 1 is 1.05 bits per heavy atom. The number of hydrogen-bond acceptors (Lipinski definition) is 2. The van der Waals surface area contributed by atoms with Crippen molar-refractivity contribution in [2.24, 2.45) is 0 Å². The van der Waals surface area contributed by atoms with Crippen LogP contribution in [0, 0.1) is 0 Å². The van der Waals surface area contributed by atoms with Gasteiger partial charge in [-0.2, -0.15) is 0 Å². The molecule has 0 aliphatic carbocycles. The van der Waals surface area contributed by atoms with Gasteiger partial charge in [0.15, 0.2) is 0 Å². The molecule has 20 heavy (non-hydrogen) atoms. The van der Waals surface area contributed by atoms with Gasteiger partial charge in [0.05, 0.1) is 0 Å². The number of aryl methyl sites for hydroxylation is 1. The molecule has 2 aromatic carbocycles. The van der Waals surface area contributed by atoms with Crippen LogP contribution < -0.4 is 5.32 Å². The van der Waals surface area contributed by atoms with E-state index in [1.54, 1.807) is 12.1 Å². The molecular formula is C16H16BrNO2. The lowest BCUT2D eigenvalue weighted by Crippen LogP contribution is -2.24. The SMILES string of the molecule is O=C(NCCCc1ccc(Br)cc1)c1ccc(O)cc1. The second kappa shape index (κ2) is 7.10.